The van der Waals surface area contributed by atoms with Gasteiger partial charge in [-0.3, -0.25) is 0 Å². The molecule has 0 saturated carbocycles. The third-order valence-electron chi connectivity index (χ3n) is 2.89. The first-order valence-corrected chi connectivity index (χ1v) is 7.36. The summed E-state index contributed by atoms with van der Waals surface area (Å²) in [7, 11) is 0. The maximum atomic E-state index is 12.9. The van der Waals surface area contributed by atoms with Gasteiger partial charge in [0.05, 0.1) is 13.2 Å². The van der Waals surface area contributed by atoms with Crippen molar-refractivity contribution in [3.05, 3.63) is 57.8 Å². The summed E-state index contributed by atoms with van der Waals surface area (Å²) >= 11 is 3.38. The van der Waals surface area contributed by atoms with Crippen molar-refractivity contribution in [2.24, 2.45) is 0 Å². The molecule has 1 N–H and O–H groups in total. The average molecular weight is 355 g/mol. The maximum Gasteiger partial charge on any atom is 0.162 e. The molecule has 0 amide bonds. The van der Waals surface area contributed by atoms with Crippen LogP contribution >= 0.6 is 15.9 Å². The monoisotopic (exact) mass is 354 g/mol. The fraction of sp³-hybridized carbons (Fsp3) is 0.250. The molecule has 0 atom stereocenters. The molecule has 2 aromatic rings. The van der Waals surface area contributed by atoms with Crippen molar-refractivity contribution in [3.63, 3.8) is 0 Å². The lowest BCUT2D eigenvalue weighted by atomic mass is 10.2. The maximum absolute atomic E-state index is 12.9. The predicted octanol–water partition coefficient (Wildman–Crippen LogP) is 4.06. The van der Waals surface area contributed by atoms with Crippen LogP contribution in [0.1, 0.15) is 18.1 Å². The van der Waals surface area contributed by atoms with Crippen LogP contribution in [0.25, 0.3) is 0 Å². The zero-order valence-electron chi connectivity index (χ0n) is 11.6. The van der Waals surface area contributed by atoms with E-state index in [0.29, 0.717) is 24.7 Å². The van der Waals surface area contributed by atoms with Gasteiger partial charge in [0, 0.05) is 4.47 Å². The van der Waals surface area contributed by atoms with E-state index in [0.717, 1.165) is 15.6 Å². The van der Waals surface area contributed by atoms with Gasteiger partial charge in [-0.25, -0.2) is 4.39 Å². The van der Waals surface area contributed by atoms with E-state index >= 15 is 0 Å². The van der Waals surface area contributed by atoms with Crippen LogP contribution in [-0.4, -0.2) is 11.7 Å². The first kappa shape index (κ1) is 15.8. The second-order valence-corrected chi connectivity index (χ2v) is 5.25. The number of benzene rings is 2. The Bertz CT molecular complexity index is 599. The van der Waals surface area contributed by atoms with E-state index in [1.165, 1.54) is 12.1 Å². The number of halogens is 2. The molecule has 0 saturated heterocycles. The van der Waals surface area contributed by atoms with Crippen LogP contribution in [0.2, 0.25) is 0 Å². The van der Waals surface area contributed by atoms with E-state index in [-0.39, 0.29) is 12.4 Å². The summed E-state index contributed by atoms with van der Waals surface area (Å²) in [6.45, 7) is 2.61. The van der Waals surface area contributed by atoms with Gasteiger partial charge >= 0.3 is 0 Å². The van der Waals surface area contributed by atoms with Gasteiger partial charge in [0.2, 0.25) is 0 Å². The van der Waals surface area contributed by atoms with Gasteiger partial charge in [0.25, 0.3) is 0 Å². The zero-order chi connectivity index (χ0) is 15.2. The van der Waals surface area contributed by atoms with Crippen LogP contribution in [0.4, 0.5) is 4.39 Å². The fourth-order valence-corrected chi connectivity index (χ4v) is 2.27. The smallest absolute Gasteiger partial charge is 0.162 e. The Labute approximate surface area is 131 Å². The molecule has 2 aromatic carbocycles. The summed E-state index contributed by atoms with van der Waals surface area (Å²) in [5, 5.41) is 9.27. The second-order valence-electron chi connectivity index (χ2n) is 4.40. The Morgan fingerprint density at radius 2 is 1.76 bits per heavy atom. The highest BCUT2D eigenvalue weighted by Crippen LogP contribution is 2.34. The van der Waals surface area contributed by atoms with Crippen molar-refractivity contribution < 1.29 is 19.0 Å². The van der Waals surface area contributed by atoms with Gasteiger partial charge in [-0.2, -0.15) is 0 Å². The van der Waals surface area contributed by atoms with Crippen LogP contribution in [0, 0.1) is 5.82 Å². The minimum atomic E-state index is -0.274. The van der Waals surface area contributed by atoms with Crippen LogP contribution in [0.5, 0.6) is 11.5 Å². The predicted molar refractivity (Wildman–Crippen MR) is 82.0 cm³/mol. The lowest BCUT2D eigenvalue weighted by molar-refractivity contribution is 0.263. The lowest BCUT2D eigenvalue weighted by Gasteiger charge is -2.14. The summed E-state index contributed by atoms with van der Waals surface area (Å²) in [4.78, 5) is 0. The lowest BCUT2D eigenvalue weighted by Crippen LogP contribution is -2.01. The van der Waals surface area contributed by atoms with Crippen molar-refractivity contribution >= 4 is 15.9 Å². The normalized spacial score (nSPS) is 10.5. The molecule has 112 valence electrons. The van der Waals surface area contributed by atoms with E-state index in [1.807, 2.05) is 6.92 Å². The molecule has 21 heavy (non-hydrogen) atoms. The highest BCUT2D eigenvalue weighted by Gasteiger charge is 2.10. The van der Waals surface area contributed by atoms with Gasteiger partial charge in [-0.1, -0.05) is 28.1 Å². The Hall–Kier alpha value is -1.59. The number of hydrogen-bond acceptors (Lipinski definition) is 3. The van der Waals surface area contributed by atoms with Crippen molar-refractivity contribution in [2.75, 3.05) is 6.61 Å². The minimum absolute atomic E-state index is 0.0844. The number of ether oxygens (including phenoxy) is 2. The van der Waals surface area contributed by atoms with Gasteiger partial charge in [-0.15, -0.1) is 0 Å². The van der Waals surface area contributed by atoms with Crippen LogP contribution in [-0.2, 0) is 13.2 Å². The number of hydrogen-bond donors (Lipinski definition) is 1. The van der Waals surface area contributed by atoms with E-state index < -0.39 is 0 Å². The Morgan fingerprint density at radius 3 is 2.38 bits per heavy atom. The first-order valence-electron chi connectivity index (χ1n) is 6.57. The molecule has 0 fully saturated rings. The second kappa shape index (κ2) is 7.43. The molecule has 0 radical (unpaired) electrons. The van der Waals surface area contributed by atoms with Crippen molar-refractivity contribution in [2.45, 2.75) is 20.1 Å². The molecule has 0 unspecified atom stereocenters. The molecule has 3 nitrogen and oxygen atoms in total. The molecule has 5 heteroatoms. The van der Waals surface area contributed by atoms with Crippen LogP contribution in [0.3, 0.4) is 0 Å². The van der Waals surface area contributed by atoms with Gasteiger partial charge < -0.3 is 14.6 Å². The minimum Gasteiger partial charge on any atom is -0.490 e. The van der Waals surface area contributed by atoms with Crippen molar-refractivity contribution in [1.29, 1.82) is 0 Å². The zero-order valence-corrected chi connectivity index (χ0v) is 13.2. The molecule has 0 aliphatic rings. The van der Waals surface area contributed by atoms with E-state index in [4.69, 9.17) is 9.47 Å². The Morgan fingerprint density at radius 1 is 1.10 bits per heavy atom. The topological polar surface area (TPSA) is 38.7 Å². The van der Waals surface area contributed by atoms with Gasteiger partial charge in [0.15, 0.2) is 11.5 Å². The summed E-state index contributed by atoms with van der Waals surface area (Å²) in [6.07, 6.45) is 0. The highest BCUT2D eigenvalue weighted by molar-refractivity contribution is 9.10. The molecule has 0 aliphatic heterocycles. The SMILES string of the molecule is CCOc1cc(CO)c(Br)cc1OCc1ccc(F)cc1. The van der Waals surface area contributed by atoms with Crippen molar-refractivity contribution in [3.8, 4) is 11.5 Å². The number of rotatable bonds is 6. The molecule has 0 bridgehead atoms. The third-order valence-corrected chi connectivity index (χ3v) is 3.63. The van der Waals surface area contributed by atoms with Crippen LogP contribution in [0.15, 0.2) is 40.9 Å². The number of aliphatic hydroxyl groups excluding tert-OH is 1. The Balaban J connectivity index is 2.17. The third kappa shape index (κ3) is 4.19. The van der Waals surface area contributed by atoms with Gasteiger partial charge in [0.1, 0.15) is 12.4 Å². The first-order chi connectivity index (χ1) is 10.1. The summed E-state index contributed by atoms with van der Waals surface area (Å²) in [6, 6.07) is 9.65. The number of aliphatic hydroxyl groups is 1. The standard InChI is InChI=1S/C16H16BrFO3/c1-2-20-15-7-12(9-19)14(17)8-16(15)21-10-11-3-5-13(18)6-4-11/h3-8,19H,2,9-10H2,1H3. The van der Waals surface area contributed by atoms with E-state index in [1.54, 1.807) is 24.3 Å². The largest absolute Gasteiger partial charge is 0.490 e. The summed E-state index contributed by atoms with van der Waals surface area (Å²) < 4.78 is 24.9. The van der Waals surface area contributed by atoms with E-state index in [9.17, 15) is 9.50 Å². The molecular weight excluding hydrogens is 339 g/mol. The molecule has 0 aliphatic carbocycles. The van der Waals surface area contributed by atoms with Crippen molar-refractivity contribution in [1.82, 2.24) is 0 Å². The summed E-state index contributed by atoms with van der Waals surface area (Å²) in [5.41, 5.74) is 1.59. The molecule has 0 spiro atoms. The average Bonchev–Trinajstić information content (AvgIpc) is 2.49. The Kier molecular flexibility index (Phi) is 5.59. The molecule has 0 aromatic heterocycles. The summed E-state index contributed by atoms with van der Waals surface area (Å²) in [5.74, 6) is 0.876. The highest BCUT2D eigenvalue weighted by atomic mass is 79.9. The van der Waals surface area contributed by atoms with Gasteiger partial charge in [-0.05, 0) is 42.3 Å². The molecule has 0 heterocycles. The quantitative estimate of drug-likeness (QED) is 0.850. The molecule has 2 rings (SSSR count). The molecular formula is C16H16BrFO3. The fourth-order valence-electron chi connectivity index (χ4n) is 1.82. The van der Waals surface area contributed by atoms with E-state index in [2.05, 4.69) is 15.9 Å². The van der Waals surface area contributed by atoms with Crippen LogP contribution < -0.4 is 9.47 Å².